The number of nitrogens with two attached hydrogens (primary N) is 1. The highest BCUT2D eigenvalue weighted by molar-refractivity contribution is 7.99. The van der Waals surface area contributed by atoms with Crippen LogP contribution < -0.4 is 10.5 Å². The number of nitrogens with zero attached hydrogens (tertiary/aromatic N) is 2. The summed E-state index contributed by atoms with van der Waals surface area (Å²) in [6, 6.07) is 0. The van der Waals surface area contributed by atoms with E-state index in [2.05, 4.69) is 16.7 Å². The molecule has 1 aromatic rings. The van der Waals surface area contributed by atoms with Gasteiger partial charge in [-0.1, -0.05) is 13.8 Å². The van der Waals surface area contributed by atoms with Crippen LogP contribution in [0.25, 0.3) is 0 Å². The van der Waals surface area contributed by atoms with Crippen LogP contribution in [0.4, 0.5) is 5.82 Å². The molecule has 1 atom stereocenters. The molecule has 0 aliphatic carbocycles. The van der Waals surface area contributed by atoms with Crippen molar-refractivity contribution in [2.45, 2.75) is 43.4 Å². The van der Waals surface area contributed by atoms with Crippen LogP contribution in [0, 0.1) is 0 Å². The van der Waals surface area contributed by atoms with Gasteiger partial charge in [0, 0.05) is 24.5 Å². The Morgan fingerprint density at radius 3 is 2.84 bits per heavy atom. The third-order valence-corrected chi connectivity index (χ3v) is 5.26. The number of rotatable bonds is 8. The molecule has 0 saturated heterocycles. The Hall–Kier alpha value is -0.730. The van der Waals surface area contributed by atoms with Gasteiger partial charge in [-0.2, -0.15) is 16.9 Å². The third kappa shape index (κ3) is 4.70. The maximum atomic E-state index is 12.1. The van der Waals surface area contributed by atoms with E-state index in [0.717, 1.165) is 12.8 Å². The molecule has 19 heavy (non-hydrogen) atoms. The van der Waals surface area contributed by atoms with E-state index < -0.39 is 10.0 Å². The van der Waals surface area contributed by atoms with E-state index in [0.29, 0.717) is 18.3 Å². The molecule has 0 bridgehead atoms. The fourth-order valence-electron chi connectivity index (χ4n) is 1.56. The van der Waals surface area contributed by atoms with Crippen molar-refractivity contribution in [2.75, 3.05) is 18.5 Å². The van der Waals surface area contributed by atoms with E-state index in [1.165, 1.54) is 6.20 Å². The van der Waals surface area contributed by atoms with Crippen LogP contribution in [0.15, 0.2) is 11.1 Å². The van der Waals surface area contributed by atoms with Gasteiger partial charge in [-0.3, -0.25) is 4.68 Å². The van der Waals surface area contributed by atoms with Gasteiger partial charge in [-0.15, -0.1) is 0 Å². The molecule has 110 valence electrons. The van der Waals surface area contributed by atoms with E-state index in [-0.39, 0.29) is 10.7 Å². The summed E-state index contributed by atoms with van der Waals surface area (Å²) in [5.41, 5.74) is 5.66. The van der Waals surface area contributed by atoms with Gasteiger partial charge in [0.15, 0.2) is 5.82 Å². The van der Waals surface area contributed by atoms with Gasteiger partial charge in [-0.25, -0.2) is 13.1 Å². The zero-order valence-corrected chi connectivity index (χ0v) is 13.2. The lowest BCUT2D eigenvalue weighted by atomic mass is 10.3. The second-order valence-electron chi connectivity index (χ2n) is 4.37. The molecule has 1 aromatic heterocycles. The highest BCUT2D eigenvalue weighted by Gasteiger charge is 2.20. The normalized spacial score (nSPS) is 13.6. The topological polar surface area (TPSA) is 90.0 Å². The van der Waals surface area contributed by atoms with Crippen molar-refractivity contribution in [3.8, 4) is 0 Å². The monoisotopic (exact) mass is 306 g/mol. The molecule has 0 aromatic carbocycles. The number of aryl methyl sites for hydroxylation is 1. The Bertz CT molecular complexity index is 499. The van der Waals surface area contributed by atoms with Gasteiger partial charge in [-0.05, 0) is 19.1 Å². The van der Waals surface area contributed by atoms with Crippen LogP contribution in [-0.4, -0.2) is 36.2 Å². The molecule has 0 fully saturated rings. The van der Waals surface area contributed by atoms with Crippen LogP contribution in [0.2, 0.25) is 0 Å². The highest BCUT2D eigenvalue weighted by atomic mass is 32.2. The van der Waals surface area contributed by atoms with Gasteiger partial charge in [0.05, 0.1) is 0 Å². The SMILES string of the molecule is CCCn1cc(S(=O)(=O)NCCC(C)SC)c(N)n1. The Morgan fingerprint density at radius 1 is 1.58 bits per heavy atom. The molecule has 1 rings (SSSR count). The number of hydrogen-bond acceptors (Lipinski definition) is 5. The lowest BCUT2D eigenvalue weighted by Gasteiger charge is -2.09. The number of thioether (sulfide) groups is 1. The number of sulfonamides is 1. The number of anilines is 1. The average Bonchev–Trinajstić information content (AvgIpc) is 2.71. The Morgan fingerprint density at radius 2 is 2.26 bits per heavy atom. The predicted molar refractivity (Wildman–Crippen MR) is 79.7 cm³/mol. The minimum absolute atomic E-state index is 0.0545. The summed E-state index contributed by atoms with van der Waals surface area (Å²) in [6.07, 6.45) is 5.15. The number of aromatic nitrogens is 2. The minimum atomic E-state index is -3.56. The zero-order chi connectivity index (χ0) is 14.5. The number of hydrogen-bond donors (Lipinski definition) is 2. The molecule has 3 N–H and O–H groups in total. The average molecular weight is 306 g/mol. The summed E-state index contributed by atoms with van der Waals surface area (Å²) in [5, 5.41) is 4.42. The van der Waals surface area contributed by atoms with Crippen LogP contribution in [0.1, 0.15) is 26.7 Å². The van der Waals surface area contributed by atoms with Gasteiger partial charge >= 0.3 is 0 Å². The summed E-state index contributed by atoms with van der Waals surface area (Å²) in [4.78, 5) is 0.0674. The lowest BCUT2D eigenvalue weighted by Crippen LogP contribution is -2.26. The van der Waals surface area contributed by atoms with E-state index in [1.54, 1.807) is 16.4 Å². The number of nitrogens with one attached hydrogen (secondary N) is 1. The maximum Gasteiger partial charge on any atom is 0.245 e. The molecule has 0 amide bonds. The molecular formula is C11H22N4O2S2. The zero-order valence-electron chi connectivity index (χ0n) is 11.6. The van der Waals surface area contributed by atoms with Crippen LogP contribution in [-0.2, 0) is 16.6 Å². The molecule has 0 aliphatic rings. The second kappa shape index (κ2) is 7.16. The molecule has 6 nitrogen and oxygen atoms in total. The summed E-state index contributed by atoms with van der Waals surface area (Å²) in [7, 11) is -3.56. The maximum absolute atomic E-state index is 12.1. The van der Waals surface area contributed by atoms with Crippen molar-refractivity contribution < 1.29 is 8.42 Å². The minimum Gasteiger partial charge on any atom is -0.381 e. The quantitative estimate of drug-likeness (QED) is 0.755. The van der Waals surface area contributed by atoms with Crippen molar-refractivity contribution in [1.29, 1.82) is 0 Å². The van der Waals surface area contributed by atoms with E-state index in [9.17, 15) is 8.42 Å². The van der Waals surface area contributed by atoms with Crippen LogP contribution in [0.5, 0.6) is 0 Å². The predicted octanol–water partition coefficient (Wildman–Crippen LogP) is 1.30. The molecule has 0 spiro atoms. The Balaban J connectivity index is 2.71. The highest BCUT2D eigenvalue weighted by Crippen LogP contribution is 2.16. The molecule has 0 radical (unpaired) electrons. The van der Waals surface area contributed by atoms with Gasteiger partial charge in [0.2, 0.25) is 10.0 Å². The summed E-state index contributed by atoms with van der Waals surface area (Å²) < 4.78 is 28.3. The first-order valence-electron chi connectivity index (χ1n) is 6.26. The van der Waals surface area contributed by atoms with Crippen molar-refractivity contribution in [2.24, 2.45) is 0 Å². The fraction of sp³-hybridized carbons (Fsp3) is 0.727. The van der Waals surface area contributed by atoms with E-state index >= 15 is 0 Å². The number of nitrogen functional groups attached to an aromatic ring is 1. The van der Waals surface area contributed by atoms with Gasteiger partial charge in [0.25, 0.3) is 0 Å². The summed E-state index contributed by atoms with van der Waals surface area (Å²) in [6.45, 7) is 5.12. The standard InChI is InChI=1S/C11H22N4O2S2/c1-4-7-15-8-10(11(12)14-15)19(16,17)13-6-5-9(2)18-3/h8-9,13H,4-7H2,1-3H3,(H2,12,14). The van der Waals surface area contributed by atoms with Crippen molar-refractivity contribution in [1.82, 2.24) is 14.5 Å². The molecule has 0 saturated carbocycles. The largest absolute Gasteiger partial charge is 0.381 e. The van der Waals surface area contributed by atoms with Crippen molar-refractivity contribution in [3.05, 3.63) is 6.20 Å². The lowest BCUT2D eigenvalue weighted by molar-refractivity contribution is 0.577. The van der Waals surface area contributed by atoms with Crippen molar-refractivity contribution >= 4 is 27.6 Å². The van der Waals surface area contributed by atoms with E-state index in [1.807, 2.05) is 13.2 Å². The third-order valence-electron chi connectivity index (χ3n) is 2.74. The van der Waals surface area contributed by atoms with Gasteiger partial charge < -0.3 is 5.73 Å². The molecule has 8 heteroatoms. The van der Waals surface area contributed by atoms with Gasteiger partial charge in [0.1, 0.15) is 4.90 Å². The first kappa shape index (κ1) is 16.3. The molecular weight excluding hydrogens is 284 g/mol. The molecule has 0 aliphatic heterocycles. The Kier molecular flexibility index (Phi) is 6.15. The van der Waals surface area contributed by atoms with Crippen LogP contribution >= 0.6 is 11.8 Å². The summed E-state index contributed by atoms with van der Waals surface area (Å²) in [5.74, 6) is 0.0545. The molecule has 1 unspecified atom stereocenters. The van der Waals surface area contributed by atoms with E-state index in [4.69, 9.17) is 5.73 Å². The first-order valence-corrected chi connectivity index (χ1v) is 9.03. The first-order chi connectivity index (χ1) is 8.90. The Labute approximate surface area is 119 Å². The summed E-state index contributed by atoms with van der Waals surface area (Å²) >= 11 is 1.71. The van der Waals surface area contributed by atoms with Crippen LogP contribution in [0.3, 0.4) is 0 Å². The molecule has 1 heterocycles. The fourth-order valence-corrected chi connectivity index (χ4v) is 3.03. The smallest absolute Gasteiger partial charge is 0.245 e. The second-order valence-corrected chi connectivity index (χ2v) is 7.39. The van der Waals surface area contributed by atoms with Crippen molar-refractivity contribution in [3.63, 3.8) is 0 Å².